The number of halogens is 3. The molecule has 0 spiro atoms. The molecule has 0 fully saturated rings. The van der Waals surface area contributed by atoms with Crippen LogP contribution in [0.25, 0.3) is 0 Å². The van der Waals surface area contributed by atoms with Crippen LogP contribution >= 0.6 is 0 Å². The van der Waals surface area contributed by atoms with Crippen molar-refractivity contribution in [2.75, 3.05) is 6.54 Å². The SMILES string of the molecule is NC1CC(NCCC(F)(F)F)c2ccccc21. The lowest BCUT2D eigenvalue weighted by Crippen LogP contribution is -2.25. The minimum Gasteiger partial charge on any atom is -0.324 e. The van der Waals surface area contributed by atoms with Crippen LogP contribution < -0.4 is 11.1 Å². The Kier molecular flexibility index (Phi) is 3.40. The number of benzene rings is 1. The van der Waals surface area contributed by atoms with Gasteiger partial charge in [0.05, 0.1) is 6.42 Å². The average molecular weight is 244 g/mol. The molecule has 0 saturated carbocycles. The normalized spacial score (nSPS) is 23.8. The van der Waals surface area contributed by atoms with E-state index in [2.05, 4.69) is 5.32 Å². The monoisotopic (exact) mass is 244 g/mol. The Labute approximate surface area is 98.0 Å². The third-order valence-electron chi connectivity index (χ3n) is 3.06. The summed E-state index contributed by atoms with van der Waals surface area (Å²) < 4.78 is 36.1. The van der Waals surface area contributed by atoms with Gasteiger partial charge in [-0.25, -0.2) is 0 Å². The van der Waals surface area contributed by atoms with Crippen molar-refractivity contribution in [2.45, 2.75) is 31.1 Å². The van der Waals surface area contributed by atoms with Gasteiger partial charge < -0.3 is 11.1 Å². The first kappa shape index (κ1) is 12.4. The van der Waals surface area contributed by atoms with Gasteiger partial charge >= 0.3 is 6.18 Å². The second kappa shape index (κ2) is 4.66. The molecule has 3 N–H and O–H groups in total. The first-order chi connectivity index (χ1) is 7.97. The van der Waals surface area contributed by atoms with E-state index in [9.17, 15) is 13.2 Å². The molecule has 5 heteroatoms. The van der Waals surface area contributed by atoms with Gasteiger partial charge in [0.15, 0.2) is 0 Å². The predicted molar refractivity (Wildman–Crippen MR) is 59.4 cm³/mol. The van der Waals surface area contributed by atoms with E-state index in [-0.39, 0.29) is 18.6 Å². The molecule has 0 amide bonds. The molecule has 0 heterocycles. The standard InChI is InChI=1S/C12H15F3N2/c13-12(14,15)5-6-17-11-7-10(16)8-3-1-2-4-9(8)11/h1-4,10-11,17H,5-7,16H2. The third-order valence-corrected chi connectivity index (χ3v) is 3.06. The van der Waals surface area contributed by atoms with E-state index >= 15 is 0 Å². The molecule has 0 aliphatic heterocycles. The number of hydrogen-bond acceptors (Lipinski definition) is 2. The lowest BCUT2D eigenvalue weighted by Gasteiger charge is -2.14. The van der Waals surface area contributed by atoms with Crippen molar-refractivity contribution in [1.29, 1.82) is 0 Å². The fourth-order valence-electron chi connectivity index (χ4n) is 2.26. The Morgan fingerprint density at radius 2 is 1.88 bits per heavy atom. The smallest absolute Gasteiger partial charge is 0.324 e. The molecular formula is C12H15F3N2. The third kappa shape index (κ3) is 2.98. The van der Waals surface area contributed by atoms with Crippen molar-refractivity contribution in [3.05, 3.63) is 35.4 Å². The lowest BCUT2D eigenvalue weighted by atomic mass is 10.1. The Morgan fingerprint density at radius 3 is 2.53 bits per heavy atom. The molecule has 0 aromatic heterocycles. The van der Waals surface area contributed by atoms with Crippen LogP contribution in [0.2, 0.25) is 0 Å². The van der Waals surface area contributed by atoms with Crippen LogP contribution in [-0.2, 0) is 0 Å². The topological polar surface area (TPSA) is 38.0 Å². The zero-order chi connectivity index (χ0) is 12.5. The van der Waals surface area contributed by atoms with Gasteiger partial charge in [-0.2, -0.15) is 13.2 Å². The van der Waals surface area contributed by atoms with Crippen LogP contribution in [0.3, 0.4) is 0 Å². The van der Waals surface area contributed by atoms with E-state index in [4.69, 9.17) is 5.73 Å². The van der Waals surface area contributed by atoms with Gasteiger partial charge in [-0.15, -0.1) is 0 Å². The van der Waals surface area contributed by atoms with Crippen LogP contribution in [0.15, 0.2) is 24.3 Å². The van der Waals surface area contributed by atoms with Crippen LogP contribution in [-0.4, -0.2) is 12.7 Å². The van der Waals surface area contributed by atoms with Crippen molar-refractivity contribution < 1.29 is 13.2 Å². The summed E-state index contributed by atoms with van der Waals surface area (Å²) in [7, 11) is 0. The van der Waals surface area contributed by atoms with Crippen molar-refractivity contribution in [3.63, 3.8) is 0 Å². The average Bonchev–Trinajstić information content (AvgIpc) is 2.55. The highest BCUT2D eigenvalue weighted by atomic mass is 19.4. The number of rotatable bonds is 3. The fraction of sp³-hybridized carbons (Fsp3) is 0.500. The second-order valence-electron chi connectivity index (χ2n) is 4.34. The number of nitrogens with two attached hydrogens (primary N) is 1. The summed E-state index contributed by atoms with van der Waals surface area (Å²) in [4.78, 5) is 0. The molecule has 1 aromatic carbocycles. The zero-order valence-corrected chi connectivity index (χ0v) is 9.30. The van der Waals surface area contributed by atoms with Crippen molar-refractivity contribution in [3.8, 4) is 0 Å². The van der Waals surface area contributed by atoms with Crippen LogP contribution in [0.4, 0.5) is 13.2 Å². The molecule has 2 nitrogen and oxygen atoms in total. The Bertz CT molecular complexity index is 390. The Morgan fingerprint density at radius 1 is 1.24 bits per heavy atom. The van der Waals surface area contributed by atoms with Gasteiger partial charge in [-0.1, -0.05) is 24.3 Å². The summed E-state index contributed by atoms with van der Waals surface area (Å²) in [6, 6.07) is 7.52. The van der Waals surface area contributed by atoms with Crippen LogP contribution in [0.5, 0.6) is 0 Å². The predicted octanol–water partition coefficient (Wildman–Crippen LogP) is 2.67. The Balaban J connectivity index is 1.96. The van der Waals surface area contributed by atoms with Gasteiger partial charge in [-0.3, -0.25) is 0 Å². The molecule has 0 bridgehead atoms. The molecule has 1 aromatic rings. The first-order valence-corrected chi connectivity index (χ1v) is 5.62. The van der Waals surface area contributed by atoms with E-state index in [1.54, 1.807) is 0 Å². The van der Waals surface area contributed by atoms with E-state index in [0.29, 0.717) is 6.42 Å². The highest BCUT2D eigenvalue weighted by Crippen LogP contribution is 2.37. The molecule has 0 radical (unpaired) electrons. The van der Waals surface area contributed by atoms with E-state index in [1.807, 2.05) is 24.3 Å². The summed E-state index contributed by atoms with van der Waals surface area (Å²) >= 11 is 0. The second-order valence-corrected chi connectivity index (χ2v) is 4.34. The fourth-order valence-corrected chi connectivity index (χ4v) is 2.26. The van der Waals surface area contributed by atoms with Crippen LogP contribution in [0.1, 0.15) is 36.1 Å². The zero-order valence-electron chi connectivity index (χ0n) is 9.30. The quantitative estimate of drug-likeness (QED) is 0.857. The molecular weight excluding hydrogens is 229 g/mol. The molecule has 1 aliphatic carbocycles. The Hall–Kier alpha value is -1.07. The molecule has 2 unspecified atom stereocenters. The largest absolute Gasteiger partial charge is 0.390 e. The highest BCUT2D eigenvalue weighted by molar-refractivity contribution is 5.37. The summed E-state index contributed by atoms with van der Waals surface area (Å²) in [6.45, 7) is -0.0603. The van der Waals surface area contributed by atoms with Gasteiger partial charge in [-0.05, 0) is 17.5 Å². The minimum absolute atomic E-state index is 0.0523. The molecule has 2 rings (SSSR count). The van der Waals surface area contributed by atoms with Gasteiger partial charge in [0.1, 0.15) is 0 Å². The summed E-state index contributed by atoms with van der Waals surface area (Å²) in [5, 5.41) is 2.92. The highest BCUT2D eigenvalue weighted by Gasteiger charge is 2.30. The number of alkyl halides is 3. The van der Waals surface area contributed by atoms with E-state index in [1.165, 1.54) is 0 Å². The maximum Gasteiger partial charge on any atom is 0.390 e. The molecule has 1 aliphatic rings. The molecule has 17 heavy (non-hydrogen) atoms. The lowest BCUT2D eigenvalue weighted by molar-refractivity contribution is -0.133. The number of hydrogen-bond donors (Lipinski definition) is 2. The maximum absolute atomic E-state index is 12.0. The summed E-state index contributed by atoms with van der Waals surface area (Å²) in [5.74, 6) is 0. The summed E-state index contributed by atoms with van der Waals surface area (Å²) in [5.41, 5.74) is 8.00. The van der Waals surface area contributed by atoms with Crippen molar-refractivity contribution in [1.82, 2.24) is 5.32 Å². The van der Waals surface area contributed by atoms with Gasteiger partial charge in [0, 0.05) is 18.6 Å². The summed E-state index contributed by atoms with van der Waals surface area (Å²) in [6.07, 6.45) is -4.24. The van der Waals surface area contributed by atoms with Gasteiger partial charge in [0.2, 0.25) is 0 Å². The molecule has 0 saturated heterocycles. The molecule has 2 atom stereocenters. The van der Waals surface area contributed by atoms with Crippen molar-refractivity contribution in [2.24, 2.45) is 5.73 Å². The van der Waals surface area contributed by atoms with Crippen LogP contribution in [0, 0.1) is 0 Å². The van der Waals surface area contributed by atoms with Gasteiger partial charge in [0.25, 0.3) is 0 Å². The van der Waals surface area contributed by atoms with E-state index in [0.717, 1.165) is 11.1 Å². The van der Waals surface area contributed by atoms with E-state index < -0.39 is 12.6 Å². The minimum atomic E-state index is -4.10. The number of fused-ring (bicyclic) bond motifs is 1. The first-order valence-electron chi connectivity index (χ1n) is 5.62. The maximum atomic E-state index is 12.0. The molecule has 94 valence electrons. The number of nitrogens with one attached hydrogen (secondary N) is 1. The van der Waals surface area contributed by atoms with Crippen molar-refractivity contribution >= 4 is 0 Å².